The minimum atomic E-state index is -0.400. The summed E-state index contributed by atoms with van der Waals surface area (Å²) in [4.78, 5) is 26.2. The third kappa shape index (κ3) is 3.71. The van der Waals surface area contributed by atoms with Crippen molar-refractivity contribution in [1.82, 2.24) is 4.90 Å². The van der Waals surface area contributed by atoms with E-state index in [2.05, 4.69) is 11.4 Å². The van der Waals surface area contributed by atoms with Crippen LogP contribution in [0.2, 0.25) is 10.0 Å². The molecule has 0 aromatic heterocycles. The van der Waals surface area contributed by atoms with Crippen LogP contribution in [0.3, 0.4) is 0 Å². The summed E-state index contributed by atoms with van der Waals surface area (Å²) in [6.45, 7) is 1.17. The summed E-state index contributed by atoms with van der Waals surface area (Å²) in [6, 6.07) is 13.0. The van der Waals surface area contributed by atoms with Gasteiger partial charge in [-0.15, -0.1) is 0 Å². The minimum absolute atomic E-state index is 0.194. The van der Waals surface area contributed by atoms with E-state index in [4.69, 9.17) is 23.2 Å². The lowest BCUT2D eigenvalue weighted by Crippen LogP contribution is -2.37. The summed E-state index contributed by atoms with van der Waals surface area (Å²) in [5.74, 6) is -0.594. The van der Waals surface area contributed by atoms with Gasteiger partial charge < -0.3 is 10.2 Å². The zero-order valence-corrected chi connectivity index (χ0v) is 14.4. The Bertz CT molecular complexity index is 792. The number of hydrogen-bond acceptors (Lipinski definition) is 2. The molecule has 0 spiro atoms. The van der Waals surface area contributed by atoms with Gasteiger partial charge in [0.2, 0.25) is 11.8 Å². The number of halogens is 2. The second kappa shape index (κ2) is 7.24. The third-order valence-corrected chi connectivity index (χ3v) is 4.84. The fourth-order valence-electron chi connectivity index (χ4n) is 2.75. The molecule has 0 radical (unpaired) electrons. The Labute approximate surface area is 150 Å². The van der Waals surface area contributed by atoms with E-state index in [1.165, 1.54) is 5.56 Å². The highest BCUT2D eigenvalue weighted by atomic mass is 35.5. The summed E-state index contributed by atoms with van der Waals surface area (Å²) in [5, 5.41) is 3.26. The molecule has 1 heterocycles. The van der Waals surface area contributed by atoms with Gasteiger partial charge >= 0.3 is 0 Å². The maximum Gasteiger partial charge on any atom is 0.233 e. The van der Waals surface area contributed by atoms with Crippen LogP contribution in [0.25, 0.3) is 0 Å². The van der Waals surface area contributed by atoms with Gasteiger partial charge in [0.1, 0.15) is 6.42 Å². The summed E-state index contributed by atoms with van der Waals surface area (Å²) in [6.07, 6.45) is 0.592. The topological polar surface area (TPSA) is 49.4 Å². The van der Waals surface area contributed by atoms with E-state index in [-0.39, 0.29) is 17.4 Å². The van der Waals surface area contributed by atoms with Gasteiger partial charge in [0, 0.05) is 13.1 Å². The summed E-state index contributed by atoms with van der Waals surface area (Å²) >= 11 is 12.0. The summed E-state index contributed by atoms with van der Waals surface area (Å²) in [7, 11) is 0. The first-order valence-electron chi connectivity index (χ1n) is 7.63. The van der Waals surface area contributed by atoms with Crippen molar-refractivity contribution in [1.29, 1.82) is 0 Å². The molecule has 2 aromatic carbocycles. The fourth-order valence-corrected chi connectivity index (χ4v) is 3.10. The standard InChI is InChI=1S/C18H16Cl2N2O2/c19-14-6-3-7-15(18(14)20)21-16(23)10-17(24)22-9-8-12-4-1-2-5-13(12)11-22/h1-7H,8-11H2,(H,21,23). The maximum atomic E-state index is 12.4. The van der Waals surface area contributed by atoms with Crippen LogP contribution >= 0.6 is 23.2 Å². The van der Waals surface area contributed by atoms with Crippen molar-refractivity contribution in [3.63, 3.8) is 0 Å². The molecule has 0 aliphatic carbocycles. The molecule has 24 heavy (non-hydrogen) atoms. The van der Waals surface area contributed by atoms with E-state index in [1.807, 2.05) is 18.2 Å². The number of anilines is 1. The fraction of sp³-hybridized carbons (Fsp3) is 0.222. The molecule has 0 fully saturated rings. The molecule has 3 rings (SSSR count). The number of benzene rings is 2. The van der Waals surface area contributed by atoms with Crippen LogP contribution in [0.4, 0.5) is 5.69 Å². The second-order valence-corrected chi connectivity index (χ2v) is 6.45. The van der Waals surface area contributed by atoms with E-state index in [0.29, 0.717) is 23.8 Å². The van der Waals surface area contributed by atoms with Crippen molar-refractivity contribution in [2.75, 3.05) is 11.9 Å². The Kier molecular flexibility index (Phi) is 5.07. The van der Waals surface area contributed by atoms with Crippen LogP contribution in [0.5, 0.6) is 0 Å². The van der Waals surface area contributed by atoms with Gasteiger partial charge in [0.05, 0.1) is 15.7 Å². The Morgan fingerprint density at radius 2 is 1.79 bits per heavy atom. The van der Waals surface area contributed by atoms with E-state index in [0.717, 1.165) is 12.0 Å². The van der Waals surface area contributed by atoms with Gasteiger partial charge in [-0.25, -0.2) is 0 Å². The molecule has 124 valence electrons. The van der Waals surface area contributed by atoms with Crippen LogP contribution in [0.1, 0.15) is 17.5 Å². The smallest absolute Gasteiger partial charge is 0.233 e. The Morgan fingerprint density at radius 3 is 2.58 bits per heavy atom. The average molecular weight is 363 g/mol. The molecular weight excluding hydrogens is 347 g/mol. The van der Waals surface area contributed by atoms with Crippen molar-refractivity contribution in [3.8, 4) is 0 Å². The van der Waals surface area contributed by atoms with Crippen molar-refractivity contribution >= 4 is 40.7 Å². The van der Waals surface area contributed by atoms with Crippen LogP contribution < -0.4 is 5.32 Å². The molecule has 0 saturated heterocycles. The molecule has 0 saturated carbocycles. The van der Waals surface area contributed by atoms with E-state index in [1.54, 1.807) is 23.1 Å². The first-order chi connectivity index (χ1) is 11.5. The number of fused-ring (bicyclic) bond motifs is 1. The number of carbonyl (C=O) groups excluding carboxylic acids is 2. The van der Waals surface area contributed by atoms with Crippen LogP contribution in [-0.4, -0.2) is 23.3 Å². The van der Waals surface area contributed by atoms with Crippen LogP contribution in [0.15, 0.2) is 42.5 Å². The number of nitrogens with one attached hydrogen (secondary N) is 1. The SMILES string of the molecule is O=C(CC(=O)N1CCc2ccccc2C1)Nc1cccc(Cl)c1Cl. The van der Waals surface area contributed by atoms with Gasteiger partial charge in [-0.1, -0.05) is 53.5 Å². The van der Waals surface area contributed by atoms with Crippen LogP contribution in [0, 0.1) is 0 Å². The first-order valence-corrected chi connectivity index (χ1v) is 8.38. The molecular formula is C18H16Cl2N2O2. The predicted molar refractivity (Wildman–Crippen MR) is 95.3 cm³/mol. The molecule has 0 unspecified atom stereocenters. The van der Waals surface area contributed by atoms with E-state index < -0.39 is 5.91 Å². The Balaban J connectivity index is 1.61. The molecule has 1 aliphatic rings. The normalized spacial score (nSPS) is 13.3. The molecule has 0 atom stereocenters. The molecule has 6 heteroatoms. The highest BCUT2D eigenvalue weighted by Crippen LogP contribution is 2.29. The van der Waals surface area contributed by atoms with Gasteiger partial charge in [-0.05, 0) is 29.7 Å². The number of rotatable bonds is 3. The highest BCUT2D eigenvalue weighted by Gasteiger charge is 2.22. The zero-order valence-electron chi connectivity index (χ0n) is 12.9. The quantitative estimate of drug-likeness (QED) is 0.841. The predicted octanol–water partition coefficient (Wildman–Crippen LogP) is 3.91. The first kappa shape index (κ1) is 16.8. The number of amides is 2. The molecule has 1 aliphatic heterocycles. The maximum absolute atomic E-state index is 12.4. The lowest BCUT2D eigenvalue weighted by atomic mass is 10.00. The average Bonchev–Trinajstić information content (AvgIpc) is 2.58. The van der Waals surface area contributed by atoms with Gasteiger partial charge in [0.15, 0.2) is 0 Å². The molecule has 2 aromatic rings. The summed E-state index contributed by atoms with van der Waals surface area (Å²) in [5.41, 5.74) is 2.80. The summed E-state index contributed by atoms with van der Waals surface area (Å²) < 4.78 is 0. The van der Waals surface area contributed by atoms with Gasteiger partial charge in [-0.2, -0.15) is 0 Å². The van der Waals surface area contributed by atoms with Gasteiger partial charge in [-0.3, -0.25) is 9.59 Å². The van der Waals surface area contributed by atoms with Crippen molar-refractivity contribution in [3.05, 3.63) is 63.6 Å². The number of hydrogen-bond donors (Lipinski definition) is 1. The molecule has 4 nitrogen and oxygen atoms in total. The lowest BCUT2D eigenvalue weighted by molar-refractivity contribution is -0.135. The lowest BCUT2D eigenvalue weighted by Gasteiger charge is -2.28. The van der Waals surface area contributed by atoms with Crippen molar-refractivity contribution < 1.29 is 9.59 Å². The minimum Gasteiger partial charge on any atom is -0.338 e. The van der Waals surface area contributed by atoms with Crippen LogP contribution in [-0.2, 0) is 22.6 Å². The molecule has 0 bridgehead atoms. The van der Waals surface area contributed by atoms with E-state index >= 15 is 0 Å². The van der Waals surface area contributed by atoms with Crippen molar-refractivity contribution in [2.24, 2.45) is 0 Å². The zero-order chi connectivity index (χ0) is 17.1. The largest absolute Gasteiger partial charge is 0.338 e. The van der Waals surface area contributed by atoms with Crippen molar-refractivity contribution in [2.45, 2.75) is 19.4 Å². The molecule has 2 amide bonds. The highest BCUT2D eigenvalue weighted by molar-refractivity contribution is 6.44. The molecule has 1 N–H and O–H groups in total. The van der Waals surface area contributed by atoms with Gasteiger partial charge in [0.25, 0.3) is 0 Å². The Morgan fingerprint density at radius 1 is 1.04 bits per heavy atom. The number of carbonyl (C=O) groups is 2. The number of nitrogens with zero attached hydrogens (tertiary/aromatic N) is 1. The Hall–Kier alpha value is -2.04. The third-order valence-electron chi connectivity index (χ3n) is 4.02. The van der Waals surface area contributed by atoms with E-state index in [9.17, 15) is 9.59 Å². The monoisotopic (exact) mass is 362 g/mol. The second-order valence-electron chi connectivity index (χ2n) is 5.66.